The summed E-state index contributed by atoms with van der Waals surface area (Å²) in [5.74, 6) is 0. The Hall–Kier alpha value is -1.48. The average Bonchev–Trinajstić information content (AvgIpc) is 2.78. The van der Waals surface area contributed by atoms with Crippen molar-refractivity contribution in [3.8, 4) is 0 Å². The molecule has 4 heteroatoms. The largest absolute Gasteiger partial charge is 1.00 e. The van der Waals surface area contributed by atoms with Gasteiger partial charge in [0.05, 0.1) is 0 Å². The van der Waals surface area contributed by atoms with Gasteiger partial charge in [-0.25, -0.2) is 0 Å². The Morgan fingerprint density at radius 3 is 1.13 bits per heavy atom. The van der Waals surface area contributed by atoms with Crippen LogP contribution in [0.4, 0.5) is 0 Å². The van der Waals surface area contributed by atoms with Crippen LogP contribution >= 0.6 is 16.5 Å². The quantitative estimate of drug-likeness (QED) is 0.296. The maximum atomic E-state index is 2.27. The predicted octanol–water partition coefficient (Wildman–Crippen LogP) is 2.46. The number of hydrogen-bond donors (Lipinski definition) is 0. The van der Waals surface area contributed by atoms with E-state index in [0.717, 1.165) is 8.58 Å². The van der Waals surface area contributed by atoms with Crippen molar-refractivity contribution in [2.24, 2.45) is 0 Å². The maximum Gasteiger partial charge on any atom is 0 e. The molecule has 0 aliphatic heterocycles. The Balaban J connectivity index is 0.000000284. The summed E-state index contributed by atoms with van der Waals surface area (Å²) in [6.45, 7) is 2.27. The molecule has 158 valence electrons. The first-order chi connectivity index (χ1) is 13.9. The Morgan fingerprint density at radius 1 is 0.533 bits per heavy atom. The summed E-state index contributed by atoms with van der Waals surface area (Å²) in [5.41, 5.74) is 0. The summed E-state index contributed by atoms with van der Waals surface area (Å²) in [6.07, 6.45) is 1.21. The van der Waals surface area contributed by atoms with Gasteiger partial charge in [-0.3, -0.25) is 0 Å². The monoisotopic (exact) mass is 493 g/mol. The van der Waals surface area contributed by atoms with Gasteiger partial charge >= 0.3 is 0 Å². The topological polar surface area (TPSA) is 0 Å². The summed E-state index contributed by atoms with van der Waals surface area (Å²) in [5, 5.41) is 5.74. The fourth-order valence-corrected chi connectivity index (χ4v) is 6.08. The third-order valence-corrected chi connectivity index (χ3v) is 8.01. The van der Waals surface area contributed by atoms with E-state index in [1.807, 2.05) is 0 Å². The molecule has 0 nitrogen and oxygen atoms in total. The Kier molecular flexibility index (Phi) is 13.6. The van der Waals surface area contributed by atoms with Gasteiger partial charge in [0.1, 0.15) is 0 Å². The molecule has 0 saturated heterocycles. The third kappa shape index (κ3) is 8.72. The molecule has 0 aliphatic carbocycles. The molecule has 0 amide bonds. The molecule has 4 aromatic rings. The van der Waals surface area contributed by atoms with Crippen molar-refractivity contribution in [1.29, 1.82) is 0 Å². The summed E-state index contributed by atoms with van der Waals surface area (Å²) in [7, 11) is 0.628. The van der Waals surface area contributed by atoms with Crippen LogP contribution in [0.15, 0.2) is 121 Å². The molecular formula is C26H26ClNiP2-. The molecule has 0 spiro atoms. The van der Waals surface area contributed by atoms with Crippen LogP contribution in [0.3, 0.4) is 0 Å². The number of benzene rings is 4. The van der Waals surface area contributed by atoms with Crippen LogP contribution in [-0.2, 0) is 16.5 Å². The van der Waals surface area contributed by atoms with Gasteiger partial charge in [0.15, 0.2) is 0 Å². The van der Waals surface area contributed by atoms with Gasteiger partial charge in [0.25, 0.3) is 0 Å². The molecule has 0 fully saturated rings. The molecule has 0 heterocycles. The number of halogens is 1. The van der Waals surface area contributed by atoms with E-state index in [-0.39, 0.29) is 36.8 Å². The second-order valence-electron chi connectivity index (χ2n) is 6.27. The van der Waals surface area contributed by atoms with Crippen LogP contribution < -0.4 is 33.6 Å². The van der Waals surface area contributed by atoms with Crippen LogP contribution in [0.2, 0.25) is 0 Å². The maximum absolute atomic E-state index is 2.27. The van der Waals surface area contributed by atoms with E-state index in [2.05, 4.69) is 128 Å². The molecule has 4 aromatic carbocycles. The second kappa shape index (κ2) is 15.3. The molecule has 0 bridgehead atoms. The average molecular weight is 495 g/mol. The first-order valence-electron chi connectivity index (χ1n) is 9.61. The Morgan fingerprint density at radius 2 is 0.833 bits per heavy atom. The molecule has 0 radical (unpaired) electrons. The second-order valence-corrected chi connectivity index (χ2v) is 10.2. The Bertz CT molecular complexity index is 843. The summed E-state index contributed by atoms with van der Waals surface area (Å²) >= 11 is 0. The zero-order valence-corrected chi connectivity index (χ0v) is 20.5. The van der Waals surface area contributed by atoms with Crippen molar-refractivity contribution in [1.82, 2.24) is 0 Å². The molecule has 0 unspecified atom stereocenters. The molecule has 4 rings (SSSR count). The van der Waals surface area contributed by atoms with Gasteiger partial charge in [-0.15, -0.1) is 0 Å². The smallest absolute Gasteiger partial charge is 0 e. The number of rotatable bonds is 5. The van der Waals surface area contributed by atoms with Crippen molar-refractivity contribution in [3.05, 3.63) is 121 Å². The first-order valence-corrected chi connectivity index (χ1v) is 12.1. The fraction of sp³-hybridized carbons (Fsp3) is 0.0769. The third-order valence-electron chi connectivity index (χ3n) is 4.29. The first kappa shape index (κ1) is 26.6. The fourth-order valence-electron chi connectivity index (χ4n) is 2.94. The molecule has 0 N–H and O–H groups in total. The normalized spacial score (nSPS) is 9.53. The van der Waals surface area contributed by atoms with Crippen LogP contribution in [0.5, 0.6) is 0 Å². The van der Waals surface area contributed by atoms with Gasteiger partial charge < -0.3 is 12.4 Å². The number of hydrogen-bond acceptors (Lipinski definition) is 0. The minimum absolute atomic E-state index is 0. The van der Waals surface area contributed by atoms with E-state index in [4.69, 9.17) is 0 Å². The minimum atomic E-state index is -0.149. The zero-order chi connectivity index (χ0) is 19.4. The van der Waals surface area contributed by atoms with E-state index < -0.39 is 0 Å². The Labute approximate surface area is 200 Å². The van der Waals surface area contributed by atoms with Gasteiger partial charge in [0.2, 0.25) is 0 Å². The van der Waals surface area contributed by atoms with E-state index >= 15 is 0 Å². The molecule has 0 atom stereocenters. The van der Waals surface area contributed by atoms with Gasteiger partial charge in [-0.1, -0.05) is 137 Å². The van der Waals surface area contributed by atoms with E-state index in [1.54, 1.807) is 0 Å². The predicted molar refractivity (Wildman–Crippen MR) is 130 cm³/mol. The van der Waals surface area contributed by atoms with Crippen molar-refractivity contribution in [3.63, 3.8) is 0 Å². The minimum Gasteiger partial charge on any atom is -1.00 e. The van der Waals surface area contributed by atoms with E-state index in [9.17, 15) is 0 Å². The summed E-state index contributed by atoms with van der Waals surface area (Å²) in [4.78, 5) is 0. The zero-order valence-electron chi connectivity index (χ0n) is 16.9. The van der Waals surface area contributed by atoms with Crippen molar-refractivity contribution in [2.75, 3.05) is 6.16 Å². The van der Waals surface area contributed by atoms with Crippen LogP contribution in [0, 0.1) is 0 Å². The van der Waals surface area contributed by atoms with Crippen molar-refractivity contribution < 1.29 is 28.9 Å². The van der Waals surface area contributed by atoms with Crippen molar-refractivity contribution >= 4 is 37.7 Å². The van der Waals surface area contributed by atoms with Gasteiger partial charge in [0, 0.05) is 16.5 Å². The van der Waals surface area contributed by atoms with E-state index in [0.29, 0.717) is 0 Å². The SMILES string of the molecule is CCP(c1ccccc1)c1ccccc1.[Cl-].[Ni].c1ccc(Pc2ccccc2)cc1. The molecule has 0 saturated carbocycles. The van der Waals surface area contributed by atoms with E-state index in [1.165, 1.54) is 27.4 Å². The van der Waals surface area contributed by atoms with Gasteiger partial charge in [-0.2, -0.15) is 0 Å². The molecule has 0 aromatic heterocycles. The van der Waals surface area contributed by atoms with Gasteiger partial charge in [-0.05, 0) is 35.3 Å². The van der Waals surface area contributed by atoms with Crippen LogP contribution in [-0.4, -0.2) is 6.16 Å². The molecular weight excluding hydrogens is 468 g/mol. The summed E-state index contributed by atoms with van der Waals surface area (Å²) < 4.78 is 0. The molecule has 30 heavy (non-hydrogen) atoms. The van der Waals surface area contributed by atoms with Crippen molar-refractivity contribution in [2.45, 2.75) is 6.92 Å². The molecule has 0 aliphatic rings. The summed E-state index contributed by atoms with van der Waals surface area (Å²) in [6, 6.07) is 42.8. The van der Waals surface area contributed by atoms with Crippen LogP contribution in [0.1, 0.15) is 6.92 Å². The van der Waals surface area contributed by atoms with Crippen LogP contribution in [0.25, 0.3) is 0 Å². The standard InChI is InChI=1S/C14H15P.C12H11P.ClH.Ni/c1-2-15(13-9-5-3-6-10-13)14-11-7-4-8-12-14;1-3-7-11(8-4-1)13-12-9-5-2-6-10-12;;/h3-12H,2H2,1H3;1-10,13H;1H;/p-1.